The van der Waals surface area contributed by atoms with Crippen molar-refractivity contribution in [2.75, 3.05) is 19.6 Å². The van der Waals surface area contributed by atoms with Gasteiger partial charge in [0.15, 0.2) is 0 Å². The lowest BCUT2D eigenvalue weighted by molar-refractivity contribution is -0.138. The van der Waals surface area contributed by atoms with E-state index in [1.165, 1.54) is 0 Å². The minimum absolute atomic E-state index is 0. The molecular weight excluding hydrogens is 299 g/mol. The molecular formula is C11H21ClF3N3O2. The molecule has 0 rings (SSSR count). The van der Waals surface area contributed by atoms with Gasteiger partial charge >= 0.3 is 6.18 Å². The van der Waals surface area contributed by atoms with Gasteiger partial charge in [0, 0.05) is 6.42 Å². The minimum atomic E-state index is -4.44. The van der Waals surface area contributed by atoms with Crippen molar-refractivity contribution in [1.29, 1.82) is 0 Å². The Balaban J connectivity index is 0. The van der Waals surface area contributed by atoms with Crippen molar-refractivity contribution >= 4 is 24.2 Å². The van der Waals surface area contributed by atoms with Crippen LogP contribution in [0, 0.1) is 0 Å². The topological polar surface area (TPSA) is 84.2 Å². The first kappa shape index (κ1) is 21.3. The van der Waals surface area contributed by atoms with E-state index >= 15 is 0 Å². The zero-order valence-electron chi connectivity index (χ0n) is 11.1. The molecule has 0 spiro atoms. The van der Waals surface area contributed by atoms with Gasteiger partial charge in [-0.2, -0.15) is 13.2 Å². The van der Waals surface area contributed by atoms with Gasteiger partial charge in [-0.15, -0.1) is 12.4 Å². The summed E-state index contributed by atoms with van der Waals surface area (Å²) in [4.78, 5) is 22.2. The fraction of sp³-hybridized carbons (Fsp3) is 0.818. The van der Waals surface area contributed by atoms with Crippen LogP contribution in [0.3, 0.4) is 0 Å². The Morgan fingerprint density at radius 3 is 2.10 bits per heavy atom. The van der Waals surface area contributed by atoms with Crippen molar-refractivity contribution in [1.82, 2.24) is 10.6 Å². The number of amides is 2. The number of carbonyl (C=O) groups is 2. The summed E-state index contributed by atoms with van der Waals surface area (Å²) in [5.41, 5.74) is 5.31. The highest BCUT2D eigenvalue weighted by Gasteiger charge is 2.27. The quantitative estimate of drug-likeness (QED) is 0.557. The molecule has 0 aliphatic carbocycles. The van der Waals surface area contributed by atoms with Crippen LogP contribution in [0.5, 0.6) is 0 Å². The van der Waals surface area contributed by atoms with Crippen molar-refractivity contribution < 1.29 is 22.8 Å². The maximum absolute atomic E-state index is 11.8. The van der Waals surface area contributed by atoms with Gasteiger partial charge in [0.05, 0.1) is 6.54 Å². The van der Waals surface area contributed by atoms with Crippen LogP contribution in [0.2, 0.25) is 0 Å². The second-order valence-electron chi connectivity index (χ2n) is 4.12. The van der Waals surface area contributed by atoms with Crippen molar-refractivity contribution in [3.05, 3.63) is 0 Å². The summed E-state index contributed by atoms with van der Waals surface area (Å²) in [7, 11) is 0. The van der Waals surface area contributed by atoms with Gasteiger partial charge in [-0.05, 0) is 19.4 Å². The van der Waals surface area contributed by atoms with E-state index in [4.69, 9.17) is 5.73 Å². The van der Waals surface area contributed by atoms with Crippen LogP contribution in [0.1, 0.15) is 32.1 Å². The zero-order valence-corrected chi connectivity index (χ0v) is 11.9. The molecule has 5 nitrogen and oxygen atoms in total. The summed E-state index contributed by atoms with van der Waals surface area (Å²) in [5.74, 6) is -1.19. The maximum Gasteiger partial charge on any atom is 0.405 e. The molecule has 0 aromatic heterocycles. The van der Waals surface area contributed by atoms with Gasteiger partial charge in [0.2, 0.25) is 11.8 Å². The average molecular weight is 320 g/mol. The Morgan fingerprint density at radius 2 is 1.55 bits per heavy atom. The summed E-state index contributed by atoms with van der Waals surface area (Å²) < 4.78 is 35.3. The number of rotatable bonds is 9. The number of carbonyl (C=O) groups excluding carboxylic acids is 2. The lowest BCUT2D eigenvalue weighted by Crippen LogP contribution is -2.40. The molecule has 2 amide bonds. The van der Waals surface area contributed by atoms with Crippen molar-refractivity contribution in [2.24, 2.45) is 5.73 Å². The number of nitrogens with two attached hydrogens (primary N) is 1. The number of nitrogens with one attached hydrogen (secondary N) is 2. The van der Waals surface area contributed by atoms with Crippen molar-refractivity contribution in [3.63, 3.8) is 0 Å². The van der Waals surface area contributed by atoms with E-state index in [2.05, 4.69) is 5.32 Å². The molecule has 0 fully saturated rings. The van der Waals surface area contributed by atoms with Gasteiger partial charge in [-0.1, -0.05) is 12.8 Å². The van der Waals surface area contributed by atoms with Gasteiger partial charge in [0.1, 0.15) is 6.54 Å². The van der Waals surface area contributed by atoms with E-state index in [0.29, 0.717) is 13.0 Å². The SMILES string of the molecule is Cl.NCCCCCCC(=O)NCC(=O)NCC(F)(F)F. The molecule has 0 radical (unpaired) electrons. The van der Waals surface area contributed by atoms with E-state index in [9.17, 15) is 22.8 Å². The Morgan fingerprint density at radius 1 is 0.950 bits per heavy atom. The molecule has 0 unspecified atom stereocenters. The fourth-order valence-electron chi connectivity index (χ4n) is 1.31. The van der Waals surface area contributed by atoms with E-state index in [1.807, 2.05) is 0 Å². The fourth-order valence-corrected chi connectivity index (χ4v) is 1.31. The summed E-state index contributed by atoms with van der Waals surface area (Å²) in [5, 5.41) is 3.94. The van der Waals surface area contributed by atoms with Crippen LogP contribution in [0.15, 0.2) is 0 Å². The van der Waals surface area contributed by atoms with E-state index in [0.717, 1.165) is 19.3 Å². The third kappa shape index (κ3) is 15.0. The lowest BCUT2D eigenvalue weighted by Gasteiger charge is -2.09. The summed E-state index contributed by atoms with van der Waals surface area (Å²) >= 11 is 0. The second kappa shape index (κ2) is 11.8. The minimum Gasteiger partial charge on any atom is -0.347 e. The number of hydrogen-bond donors (Lipinski definition) is 3. The highest BCUT2D eigenvalue weighted by atomic mass is 35.5. The first-order valence-electron chi connectivity index (χ1n) is 6.15. The normalized spacial score (nSPS) is 10.6. The highest BCUT2D eigenvalue weighted by molar-refractivity contribution is 5.85. The van der Waals surface area contributed by atoms with E-state index in [1.54, 1.807) is 5.32 Å². The van der Waals surface area contributed by atoms with E-state index < -0.39 is 25.2 Å². The van der Waals surface area contributed by atoms with Crippen LogP contribution < -0.4 is 16.4 Å². The molecule has 120 valence electrons. The second-order valence-corrected chi connectivity index (χ2v) is 4.12. The van der Waals surface area contributed by atoms with Crippen LogP contribution >= 0.6 is 12.4 Å². The first-order chi connectivity index (χ1) is 8.85. The van der Waals surface area contributed by atoms with Gasteiger partial charge < -0.3 is 16.4 Å². The van der Waals surface area contributed by atoms with Gasteiger partial charge in [-0.25, -0.2) is 0 Å². The molecule has 0 aliphatic rings. The number of hydrogen-bond acceptors (Lipinski definition) is 3. The summed E-state index contributed by atoms with van der Waals surface area (Å²) in [6.45, 7) is -1.20. The standard InChI is InChI=1S/C11H20F3N3O2.ClH/c12-11(13,14)8-17-10(19)7-16-9(18)5-3-1-2-4-6-15;/h1-8,15H2,(H,16,18)(H,17,19);1H. The molecule has 4 N–H and O–H groups in total. The predicted molar refractivity (Wildman–Crippen MR) is 71.5 cm³/mol. The van der Waals surface area contributed by atoms with Crippen LogP contribution in [0.4, 0.5) is 13.2 Å². The predicted octanol–water partition coefficient (Wildman–Crippen LogP) is 1.11. The van der Waals surface area contributed by atoms with Crippen LogP contribution in [-0.4, -0.2) is 37.6 Å². The number of alkyl halides is 3. The molecule has 0 heterocycles. The molecule has 20 heavy (non-hydrogen) atoms. The molecule has 0 aromatic rings. The van der Waals surface area contributed by atoms with E-state index in [-0.39, 0.29) is 24.7 Å². The lowest BCUT2D eigenvalue weighted by atomic mass is 10.1. The summed E-state index contributed by atoms with van der Waals surface area (Å²) in [6.07, 6.45) is -0.794. The molecule has 0 bridgehead atoms. The molecule has 9 heteroatoms. The summed E-state index contributed by atoms with van der Waals surface area (Å²) in [6, 6.07) is 0. The Kier molecular flexibility index (Phi) is 12.5. The van der Waals surface area contributed by atoms with Crippen LogP contribution in [0.25, 0.3) is 0 Å². The number of halogens is 4. The van der Waals surface area contributed by atoms with Gasteiger partial charge in [0.25, 0.3) is 0 Å². The van der Waals surface area contributed by atoms with Crippen molar-refractivity contribution in [2.45, 2.75) is 38.3 Å². The molecule has 0 aromatic carbocycles. The smallest absolute Gasteiger partial charge is 0.347 e. The highest BCUT2D eigenvalue weighted by Crippen LogP contribution is 2.11. The number of unbranched alkanes of at least 4 members (excludes halogenated alkanes) is 3. The zero-order chi connectivity index (χ0) is 14.7. The maximum atomic E-state index is 11.8. The Labute approximate surface area is 122 Å². The molecule has 0 atom stereocenters. The van der Waals surface area contributed by atoms with Gasteiger partial charge in [-0.3, -0.25) is 9.59 Å². The van der Waals surface area contributed by atoms with Crippen molar-refractivity contribution in [3.8, 4) is 0 Å². The Bertz CT molecular complexity index is 289. The average Bonchev–Trinajstić information content (AvgIpc) is 2.32. The Hall–Kier alpha value is -1.02. The molecule has 0 saturated carbocycles. The van der Waals surface area contributed by atoms with Crippen LogP contribution in [-0.2, 0) is 9.59 Å². The molecule has 0 aliphatic heterocycles. The largest absolute Gasteiger partial charge is 0.405 e. The first-order valence-corrected chi connectivity index (χ1v) is 6.15. The third-order valence-electron chi connectivity index (χ3n) is 2.29. The monoisotopic (exact) mass is 319 g/mol. The third-order valence-corrected chi connectivity index (χ3v) is 2.29. The molecule has 0 saturated heterocycles.